The van der Waals surface area contributed by atoms with Crippen LogP contribution in [0, 0.1) is 0 Å². The van der Waals surface area contributed by atoms with Gasteiger partial charge in [0.1, 0.15) is 5.75 Å². The van der Waals surface area contributed by atoms with Gasteiger partial charge in [0.05, 0.1) is 5.69 Å². The van der Waals surface area contributed by atoms with E-state index in [4.69, 9.17) is 4.74 Å². The SMILES string of the molecule is O=C(Nc1ccccc1)C(=O)Nc1ccccc1Oc1ccccc1. The quantitative estimate of drug-likeness (QED) is 0.708. The van der Waals surface area contributed by atoms with Crippen LogP contribution in [0.15, 0.2) is 84.9 Å². The number of amides is 2. The summed E-state index contributed by atoms with van der Waals surface area (Å²) in [6, 6.07) is 24.9. The van der Waals surface area contributed by atoms with Crippen molar-refractivity contribution in [3.63, 3.8) is 0 Å². The summed E-state index contributed by atoms with van der Waals surface area (Å²) in [7, 11) is 0. The van der Waals surface area contributed by atoms with E-state index in [2.05, 4.69) is 10.6 Å². The first-order valence-corrected chi connectivity index (χ1v) is 7.72. The first-order chi connectivity index (χ1) is 12.2. The van der Waals surface area contributed by atoms with Crippen LogP contribution in [0.25, 0.3) is 0 Å². The predicted molar refractivity (Wildman–Crippen MR) is 96.7 cm³/mol. The van der Waals surface area contributed by atoms with Crippen molar-refractivity contribution in [3.8, 4) is 11.5 Å². The van der Waals surface area contributed by atoms with Gasteiger partial charge in [-0.15, -0.1) is 0 Å². The number of nitrogens with one attached hydrogen (secondary N) is 2. The molecule has 0 aliphatic rings. The molecular formula is C20H16N2O3. The van der Waals surface area contributed by atoms with E-state index >= 15 is 0 Å². The summed E-state index contributed by atoms with van der Waals surface area (Å²) in [6.45, 7) is 0. The van der Waals surface area contributed by atoms with E-state index in [1.165, 1.54) is 0 Å². The molecule has 0 aromatic heterocycles. The van der Waals surface area contributed by atoms with Crippen LogP contribution in [0.1, 0.15) is 0 Å². The summed E-state index contributed by atoms with van der Waals surface area (Å²) >= 11 is 0. The van der Waals surface area contributed by atoms with Crippen molar-refractivity contribution in [2.24, 2.45) is 0 Å². The van der Waals surface area contributed by atoms with E-state index in [1.54, 1.807) is 60.7 Å². The van der Waals surface area contributed by atoms with Gasteiger partial charge in [0, 0.05) is 5.69 Å². The minimum atomic E-state index is -0.770. The number of carbonyl (C=O) groups excluding carboxylic acids is 2. The lowest BCUT2D eigenvalue weighted by atomic mass is 10.2. The molecule has 2 amide bonds. The van der Waals surface area contributed by atoms with E-state index in [1.807, 2.05) is 24.3 Å². The summed E-state index contributed by atoms with van der Waals surface area (Å²) in [5, 5.41) is 5.11. The number of benzene rings is 3. The number of para-hydroxylation sites is 4. The van der Waals surface area contributed by atoms with Crippen LogP contribution in [-0.4, -0.2) is 11.8 Å². The van der Waals surface area contributed by atoms with Gasteiger partial charge >= 0.3 is 11.8 Å². The summed E-state index contributed by atoms with van der Waals surface area (Å²) in [6.07, 6.45) is 0. The third-order valence-electron chi connectivity index (χ3n) is 3.34. The molecule has 0 fully saturated rings. The standard InChI is InChI=1S/C20H16N2O3/c23-19(21-15-9-3-1-4-10-15)20(24)22-17-13-7-8-14-18(17)25-16-11-5-2-6-12-16/h1-14H,(H,21,23)(H,22,24). The Morgan fingerprint density at radius 3 is 1.92 bits per heavy atom. The minimum absolute atomic E-state index is 0.416. The highest BCUT2D eigenvalue weighted by Crippen LogP contribution is 2.29. The van der Waals surface area contributed by atoms with Gasteiger partial charge in [-0.05, 0) is 36.4 Å². The van der Waals surface area contributed by atoms with Gasteiger partial charge in [0.25, 0.3) is 0 Å². The second-order valence-corrected chi connectivity index (χ2v) is 5.19. The molecule has 0 saturated carbocycles. The molecule has 25 heavy (non-hydrogen) atoms. The van der Waals surface area contributed by atoms with Gasteiger partial charge < -0.3 is 15.4 Å². The number of carbonyl (C=O) groups is 2. The fraction of sp³-hybridized carbons (Fsp3) is 0. The number of ether oxygens (including phenoxy) is 1. The van der Waals surface area contributed by atoms with Crippen LogP contribution < -0.4 is 15.4 Å². The number of rotatable bonds is 4. The zero-order valence-corrected chi connectivity index (χ0v) is 13.3. The molecule has 0 spiro atoms. The van der Waals surface area contributed by atoms with Crippen LogP contribution in [-0.2, 0) is 9.59 Å². The lowest BCUT2D eigenvalue weighted by Gasteiger charge is -2.12. The van der Waals surface area contributed by atoms with Crippen molar-refractivity contribution >= 4 is 23.2 Å². The largest absolute Gasteiger partial charge is 0.455 e. The first kappa shape index (κ1) is 16.3. The lowest BCUT2D eigenvalue weighted by molar-refractivity contribution is -0.133. The molecule has 2 N–H and O–H groups in total. The molecule has 0 bridgehead atoms. The van der Waals surface area contributed by atoms with Crippen molar-refractivity contribution in [3.05, 3.63) is 84.9 Å². The molecule has 5 heteroatoms. The van der Waals surface area contributed by atoms with Gasteiger partial charge in [-0.25, -0.2) is 0 Å². The molecule has 0 heterocycles. The second-order valence-electron chi connectivity index (χ2n) is 5.19. The Hall–Kier alpha value is -3.60. The van der Waals surface area contributed by atoms with E-state index in [-0.39, 0.29) is 0 Å². The van der Waals surface area contributed by atoms with Gasteiger partial charge in [0.2, 0.25) is 0 Å². The number of anilines is 2. The molecule has 3 aromatic carbocycles. The first-order valence-electron chi connectivity index (χ1n) is 7.72. The zero-order chi connectivity index (χ0) is 17.5. The Bertz CT molecular complexity index is 864. The Labute approximate surface area is 145 Å². The fourth-order valence-electron chi connectivity index (χ4n) is 2.16. The van der Waals surface area contributed by atoms with Crippen molar-refractivity contribution in [1.29, 1.82) is 0 Å². The maximum Gasteiger partial charge on any atom is 0.314 e. The van der Waals surface area contributed by atoms with Gasteiger partial charge in [-0.2, -0.15) is 0 Å². The molecule has 3 rings (SSSR count). The Balaban J connectivity index is 1.70. The Morgan fingerprint density at radius 2 is 1.20 bits per heavy atom. The molecule has 0 aliphatic heterocycles. The van der Waals surface area contributed by atoms with Crippen LogP contribution in [0.2, 0.25) is 0 Å². The topological polar surface area (TPSA) is 67.4 Å². The van der Waals surface area contributed by atoms with E-state index < -0.39 is 11.8 Å². The van der Waals surface area contributed by atoms with Gasteiger partial charge in [0.15, 0.2) is 5.75 Å². The van der Waals surface area contributed by atoms with Crippen LogP contribution in [0.3, 0.4) is 0 Å². The smallest absolute Gasteiger partial charge is 0.314 e. The highest BCUT2D eigenvalue weighted by molar-refractivity contribution is 6.43. The fourth-order valence-corrected chi connectivity index (χ4v) is 2.16. The summed E-state index contributed by atoms with van der Waals surface area (Å²) in [4.78, 5) is 24.2. The second kappa shape index (κ2) is 7.79. The lowest BCUT2D eigenvalue weighted by Crippen LogP contribution is -2.29. The third-order valence-corrected chi connectivity index (χ3v) is 3.34. The number of hydrogen-bond acceptors (Lipinski definition) is 3. The average molecular weight is 332 g/mol. The normalized spacial score (nSPS) is 9.92. The zero-order valence-electron chi connectivity index (χ0n) is 13.3. The molecule has 0 saturated heterocycles. The molecule has 0 aliphatic carbocycles. The van der Waals surface area contributed by atoms with Crippen molar-refractivity contribution < 1.29 is 14.3 Å². The average Bonchev–Trinajstić information content (AvgIpc) is 2.65. The highest BCUT2D eigenvalue weighted by atomic mass is 16.5. The van der Waals surface area contributed by atoms with Crippen molar-refractivity contribution in [2.75, 3.05) is 10.6 Å². The maximum absolute atomic E-state index is 12.1. The van der Waals surface area contributed by atoms with E-state index in [0.717, 1.165) is 0 Å². The Kier molecular flexibility index (Phi) is 5.07. The van der Waals surface area contributed by atoms with E-state index in [9.17, 15) is 9.59 Å². The minimum Gasteiger partial charge on any atom is -0.455 e. The van der Waals surface area contributed by atoms with Crippen LogP contribution in [0.5, 0.6) is 11.5 Å². The summed E-state index contributed by atoms with van der Waals surface area (Å²) in [5.41, 5.74) is 0.969. The van der Waals surface area contributed by atoms with Gasteiger partial charge in [-0.1, -0.05) is 48.5 Å². The molecule has 5 nitrogen and oxygen atoms in total. The molecule has 3 aromatic rings. The number of hydrogen-bond donors (Lipinski definition) is 2. The molecular weight excluding hydrogens is 316 g/mol. The molecule has 124 valence electrons. The molecule has 0 radical (unpaired) electrons. The van der Waals surface area contributed by atoms with Gasteiger partial charge in [-0.3, -0.25) is 9.59 Å². The third kappa shape index (κ3) is 4.45. The van der Waals surface area contributed by atoms with Crippen LogP contribution in [0.4, 0.5) is 11.4 Å². The molecule has 0 unspecified atom stereocenters. The Morgan fingerprint density at radius 1 is 0.640 bits per heavy atom. The summed E-state index contributed by atoms with van der Waals surface area (Å²) in [5.74, 6) is -0.429. The van der Waals surface area contributed by atoms with Crippen molar-refractivity contribution in [2.45, 2.75) is 0 Å². The van der Waals surface area contributed by atoms with Crippen molar-refractivity contribution in [1.82, 2.24) is 0 Å². The summed E-state index contributed by atoms with van der Waals surface area (Å²) < 4.78 is 5.76. The monoisotopic (exact) mass is 332 g/mol. The maximum atomic E-state index is 12.1. The van der Waals surface area contributed by atoms with E-state index in [0.29, 0.717) is 22.9 Å². The highest BCUT2D eigenvalue weighted by Gasteiger charge is 2.16. The molecule has 0 atom stereocenters. The van der Waals surface area contributed by atoms with Crippen LogP contribution >= 0.6 is 0 Å². The predicted octanol–water partition coefficient (Wildman–Crippen LogP) is 4.06.